The smallest absolute Gasteiger partial charge is 0.0656 e. The van der Waals surface area contributed by atoms with Crippen molar-refractivity contribution >= 4 is 40.5 Å². The lowest BCUT2D eigenvalue weighted by Gasteiger charge is -2.38. The van der Waals surface area contributed by atoms with Gasteiger partial charge in [0, 0.05) is 11.5 Å². The molecule has 0 aromatic heterocycles. The van der Waals surface area contributed by atoms with E-state index in [0.29, 0.717) is 21.0 Å². The van der Waals surface area contributed by atoms with Crippen molar-refractivity contribution < 1.29 is 0 Å². The van der Waals surface area contributed by atoms with Crippen LogP contribution in [0.2, 0.25) is 15.1 Å². The molecule has 0 bridgehead atoms. The van der Waals surface area contributed by atoms with Gasteiger partial charge in [0.05, 0.1) is 26.8 Å². The van der Waals surface area contributed by atoms with Gasteiger partial charge in [-0.3, -0.25) is 0 Å². The van der Waals surface area contributed by atoms with Crippen LogP contribution in [0.15, 0.2) is 42.5 Å². The van der Waals surface area contributed by atoms with Crippen molar-refractivity contribution in [1.29, 1.82) is 0 Å². The van der Waals surface area contributed by atoms with Gasteiger partial charge in [-0.05, 0) is 34.9 Å². The van der Waals surface area contributed by atoms with Crippen molar-refractivity contribution in [2.45, 2.75) is 44.6 Å². The second-order valence-electron chi connectivity index (χ2n) is 8.29. The van der Waals surface area contributed by atoms with Crippen molar-refractivity contribution in [2.24, 2.45) is 5.92 Å². The largest absolute Gasteiger partial charge is 0.376 e. The Morgan fingerprint density at radius 3 is 2.35 bits per heavy atom. The monoisotopic (exact) mass is 405 g/mol. The second-order valence-corrected chi connectivity index (χ2v) is 9.48. The van der Waals surface area contributed by atoms with Crippen LogP contribution in [0.3, 0.4) is 0 Å². The number of nitrogens with one attached hydrogen (secondary N) is 1. The third kappa shape index (κ3) is 2.95. The Balaban J connectivity index is 1.77. The highest BCUT2D eigenvalue weighted by Gasteiger charge is 2.40. The average molecular weight is 407 g/mol. The van der Waals surface area contributed by atoms with Crippen LogP contribution in [0.25, 0.3) is 0 Å². The summed E-state index contributed by atoms with van der Waals surface area (Å²) in [5.74, 6) is 0.650. The van der Waals surface area contributed by atoms with Crippen LogP contribution in [0, 0.1) is 5.92 Å². The molecule has 26 heavy (non-hydrogen) atoms. The molecule has 0 saturated heterocycles. The molecule has 0 radical (unpaired) electrons. The topological polar surface area (TPSA) is 12.0 Å². The number of hydrogen-bond acceptors (Lipinski definition) is 1. The van der Waals surface area contributed by atoms with Gasteiger partial charge in [-0.2, -0.15) is 0 Å². The van der Waals surface area contributed by atoms with E-state index in [2.05, 4.69) is 62.5 Å². The van der Waals surface area contributed by atoms with Gasteiger partial charge in [0.25, 0.3) is 0 Å². The van der Waals surface area contributed by atoms with E-state index in [1.807, 2.05) is 0 Å². The van der Waals surface area contributed by atoms with Gasteiger partial charge >= 0.3 is 0 Å². The molecule has 1 aliphatic carbocycles. The Morgan fingerprint density at radius 2 is 1.69 bits per heavy atom. The first-order valence-electron chi connectivity index (χ1n) is 8.98. The standard InChI is InChI=1S/C22H22Cl3N/c1-22(2,3)13-9-7-12(8-10-13)20-15-6-4-5-14(15)18-19(25)16(23)11-17(24)21(18)26-20/h4-5,7-11,14-15,20,26H,6H2,1-3H3/t14-,15+,20+/m1/s1. The van der Waals surface area contributed by atoms with Crippen molar-refractivity contribution in [1.82, 2.24) is 0 Å². The maximum Gasteiger partial charge on any atom is 0.0656 e. The minimum absolute atomic E-state index is 0.149. The number of rotatable bonds is 1. The van der Waals surface area contributed by atoms with Crippen LogP contribution in [-0.2, 0) is 5.41 Å². The minimum atomic E-state index is 0.149. The molecule has 136 valence electrons. The summed E-state index contributed by atoms with van der Waals surface area (Å²) < 4.78 is 0. The van der Waals surface area contributed by atoms with Crippen LogP contribution in [0.5, 0.6) is 0 Å². The van der Waals surface area contributed by atoms with Crippen molar-refractivity contribution in [3.8, 4) is 0 Å². The van der Waals surface area contributed by atoms with Gasteiger partial charge in [-0.15, -0.1) is 0 Å². The molecule has 4 rings (SSSR count). The summed E-state index contributed by atoms with van der Waals surface area (Å²) in [7, 11) is 0. The summed E-state index contributed by atoms with van der Waals surface area (Å²) in [5, 5.41) is 5.42. The van der Waals surface area contributed by atoms with Gasteiger partial charge in [-0.1, -0.05) is 92.0 Å². The van der Waals surface area contributed by atoms with Crippen molar-refractivity contribution in [3.63, 3.8) is 0 Å². The summed E-state index contributed by atoms with van der Waals surface area (Å²) in [6.45, 7) is 6.71. The molecule has 0 unspecified atom stereocenters. The Morgan fingerprint density at radius 1 is 1.00 bits per heavy atom. The average Bonchev–Trinajstić information content (AvgIpc) is 3.07. The lowest BCUT2D eigenvalue weighted by atomic mass is 9.76. The second kappa shape index (κ2) is 6.48. The molecule has 0 amide bonds. The summed E-state index contributed by atoms with van der Waals surface area (Å²) in [6.07, 6.45) is 5.51. The fraction of sp³-hybridized carbons (Fsp3) is 0.364. The van der Waals surface area contributed by atoms with Gasteiger partial charge in [0.1, 0.15) is 0 Å². The zero-order valence-electron chi connectivity index (χ0n) is 15.1. The first-order valence-corrected chi connectivity index (χ1v) is 10.1. The number of anilines is 1. The Bertz CT molecular complexity index is 878. The quantitative estimate of drug-likeness (QED) is 0.376. The predicted molar refractivity (Wildman–Crippen MR) is 113 cm³/mol. The highest BCUT2D eigenvalue weighted by Crippen LogP contribution is 2.55. The zero-order chi connectivity index (χ0) is 18.6. The Labute approximate surface area is 170 Å². The molecule has 2 aromatic rings. The molecule has 0 fully saturated rings. The Hall–Kier alpha value is -1.15. The zero-order valence-corrected chi connectivity index (χ0v) is 17.4. The molecular weight excluding hydrogens is 385 g/mol. The van der Waals surface area contributed by atoms with Gasteiger partial charge in [0.2, 0.25) is 0 Å². The van der Waals surface area contributed by atoms with Crippen molar-refractivity contribution in [3.05, 3.63) is 74.2 Å². The highest BCUT2D eigenvalue weighted by molar-refractivity contribution is 6.44. The lowest BCUT2D eigenvalue weighted by Crippen LogP contribution is -2.29. The maximum atomic E-state index is 6.55. The number of hydrogen-bond donors (Lipinski definition) is 1. The first-order chi connectivity index (χ1) is 12.3. The van der Waals surface area contributed by atoms with E-state index in [4.69, 9.17) is 34.8 Å². The van der Waals surface area contributed by atoms with Gasteiger partial charge < -0.3 is 5.32 Å². The molecule has 1 N–H and O–H groups in total. The van der Waals surface area contributed by atoms with E-state index < -0.39 is 0 Å². The van der Waals surface area contributed by atoms with Gasteiger partial charge in [0.15, 0.2) is 0 Å². The van der Waals surface area contributed by atoms with E-state index in [9.17, 15) is 0 Å². The summed E-state index contributed by atoms with van der Waals surface area (Å²) in [6, 6.07) is 10.9. The molecule has 1 nitrogen and oxygen atoms in total. The normalized spacial score (nSPS) is 24.2. The number of allylic oxidation sites excluding steroid dienone is 2. The summed E-state index contributed by atoms with van der Waals surface area (Å²) in [5.41, 5.74) is 4.72. The summed E-state index contributed by atoms with van der Waals surface area (Å²) in [4.78, 5) is 0. The van der Waals surface area contributed by atoms with E-state index in [0.717, 1.165) is 17.7 Å². The van der Waals surface area contributed by atoms with Crippen LogP contribution < -0.4 is 5.32 Å². The fourth-order valence-electron chi connectivity index (χ4n) is 4.18. The molecule has 2 aliphatic rings. The number of halogens is 3. The minimum Gasteiger partial charge on any atom is -0.376 e. The van der Waals surface area contributed by atoms with E-state index in [-0.39, 0.29) is 17.4 Å². The molecule has 0 spiro atoms. The maximum absolute atomic E-state index is 6.55. The fourth-order valence-corrected chi connectivity index (χ4v) is 4.99. The molecule has 1 heterocycles. The SMILES string of the molecule is CC(C)(C)c1ccc([C@@H]2Nc3c(Cl)cc(Cl)c(Cl)c3[C@@H]3C=CC[C@@H]32)cc1. The van der Waals surface area contributed by atoms with Crippen LogP contribution in [0.4, 0.5) is 5.69 Å². The van der Waals surface area contributed by atoms with Crippen LogP contribution in [0.1, 0.15) is 55.8 Å². The number of benzene rings is 2. The molecule has 0 saturated carbocycles. The van der Waals surface area contributed by atoms with Gasteiger partial charge in [-0.25, -0.2) is 0 Å². The lowest BCUT2D eigenvalue weighted by molar-refractivity contribution is 0.425. The van der Waals surface area contributed by atoms with Crippen LogP contribution >= 0.6 is 34.8 Å². The third-order valence-electron chi connectivity index (χ3n) is 5.62. The molecule has 3 atom stereocenters. The third-order valence-corrected chi connectivity index (χ3v) is 6.72. The predicted octanol–water partition coefficient (Wildman–Crippen LogP) is 7.77. The highest BCUT2D eigenvalue weighted by atomic mass is 35.5. The van der Waals surface area contributed by atoms with E-state index in [1.54, 1.807) is 6.07 Å². The molecule has 2 aromatic carbocycles. The Kier molecular flexibility index (Phi) is 4.54. The van der Waals surface area contributed by atoms with E-state index >= 15 is 0 Å². The van der Waals surface area contributed by atoms with E-state index in [1.165, 1.54) is 11.1 Å². The van der Waals surface area contributed by atoms with Crippen LogP contribution in [-0.4, -0.2) is 0 Å². The number of fused-ring (bicyclic) bond motifs is 3. The molecule has 4 heteroatoms. The molecular formula is C22H22Cl3N. The van der Waals surface area contributed by atoms with Crippen molar-refractivity contribution in [2.75, 3.05) is 5.32 Å². The summed E-state index contributed by atoms with van der Waals surface area (Å²) >= 11 is 19.4. The first kappa shape index (κ1) is 18.2. The molecule has 1 aliphatic heterocycles.